The second-order valence-electron chi connectivity index (χ2n) is 6.21. The summed E-state index contributed by atoms with van der Waals surface area (Å²) in [5, 5.41) is 6.18. The molecule has 0 atom stereocenters. The molecule has 27 heavy (non-hydrogen) atoms. The molecule has 2 aromatic carbocycles. The molecular weight excluding hydrogens is 372 g/mol. The zero-order valence-electron chi connectivity index (χ0n) is 15.5. The van der Waals surface area contributed by atoms with E-state index in [2.05, 4.69) is 15.6 Å². The third-order valence-corrected chi connectivity index (χ3v) is 5.28. The van der Waals surface area contributed by atoms with Crippen LogP contribution in [0.4, 0.5) is 8.78 Å². The summed E-state index contributed by atoms with van der Waals surface area (Å²) < 4.78 is 49.9. The Labute approximate surface area is 158 Å². The summed E-state index contributed by atoms with van der Waals surface area (Å²) in [4.78, 5) is 4.41. The van der Waals surface area contributed by atoms with Gasteiger partial charge in [0.05, 0.1) is 4.90 Å². The van der Waals surface area contributed by atoms with E-state index in [0.29, 0.717) is 41.5 Å². The fourth-order valence-corrected chi connectivity index (χ4v) is 3.64. The minimum absolute atomic E-state index is 0.315. The Morgan fingerprint density at radius 3 is 2.44 bits per heavy atom. The van der Waals surface area contributed by atoms with Crippen LogP contribution in [0.2, 0.25) is 0 Å². The third-order valence-electron chi connectivity index (χ3n) is 4.02. The molecule has 0 fully saturated rings. The smallest absolute Gasteiger partial charge is 0.191 e. The van der Waals surface area contributed by atoms with Crippen LogP contribution in [0.25, 0.3) is 0 Å². The maximum atomic E-state index is 13.6. The Morgan fingerprint density at radius 2 is 1.85 bits per heavy atom. The number of nitrogens with zero attached hydrogens (tertiary/aromatic N) is 1. The molecule has 0 bridgehead atoms. The molecule has 0 aliphatic heterocycles. The lowest BCUT2D eigenvalue weighted by Gasteiger charge is -2.13. The molecule has 0 aromatic heterocycles. The van der Waals surface area contributed by atoms with Gasteiger partial charge in [-0.3, -0.25) is 4.99 Å². The first-order chi connectivity index (χ1) is 12.7. The highest BCUT2D eigenvalue weighted by molar-refractivity contribution is 7.90. The van der Waals surface area contributed by atoms with Crippen LogP contribution in [0.5, 0.6) is 0 Å². The molecule has 0 aliphatic carbocycles. The van der Waals surface area contributed by atoms with Crippen molar-refractivity contribution in [1.29, 1.82) is 0 Å². The highest BCUT2D eigenvalue weighted by Crippen LogP contribution is 2.16. The SMILES string of the molecule is CN=C(NCCc1ccc(F)cc1F)NCc1ccc(S(C)(=O)=O)c(C)c1. The van der Waals surface area contributed by atoms with Crippen molar-refractivity contribution in [1.82, 2.24) is 10.6 Å². The van der Waals surface area contributed by atoms with Crippen molar-refractivity contribution in [2.24, 2.45) is 4.99 Å². The van der Waals surface area contributed by atoms with Crippen LogP contribution in [0.3, 0.4) is 0 Å². The summed E-state index contributed by atoms with van der Waals surface area (Å²) in [6, 6.07) is 8.67. The summed E-state index contributed by atoms with van der Waals surface area (Å²) in [5.74, 6) is -0.637. The molecule has 0 saturated carbocycles. The molecule has 2 aromatic rings. The first-order valence-electron chi connectivity index (χ1n) is 8.38. The fourth-order valence-electron chi connectivity index (χ4n) is 2.68. The number of guanidine groups is 1. The van der Waals surface area contributed by atoms with Crippen LogP contribution < -0.4 is 10.6 Å². The van der Waals surface area contributed by atoms with E-state index in [9.17, 15) is 17.2 Å². The van der Waals surface area contributed by atoms with E-state index in [4.69, 9.17) is 0 Å². The zero-order chi connectivity index (χ0) is 20.0. The first kappa shape index (κ1) is 20.8. The molecule has 5 nitrogen and oxygen atoms in total. The summed E-state index contributed by atoms with van der Waals surface area (Å²) in [5.41, 5.74) is 2.02. The summed E-state index contributed by atoms with van der Waals surface area (Å²) in [6.45, 7) is 2.63. The molecule has 0 radical (unpaired) electrons. The summed E-state index contributed by atoms with van der Waals surface area (Å²) in [6.07, 6.45) is 1.57. The molecular formula is C19H23F2N3O2S. The second kappa shape index (κ2) is 8.94. The van der Waals surface area contributed by atoms with Gasteiger partial charge in [-0.15, -0.1) is 0 Å². The first-order valence-corrected chi connectivity index (χ1v) is 10.3. The quantitative estimate of drug-likeness (QED) is 0.583. The number of hydrogen-bond donors (Lipinski definition) is 2. The van der Waals surface area contributed by atoms with Gasteiger partial charge >= 0.3 is 0 Å². The number of halogens is 2. The Balaban J connectivity index is 1.89. The number of aliphatic imine (C=N–C) groups is 1. The van der Waals surface area contributed by atoms with Crippen molar-refractivity contribution in [3.63, 3.8) is 0 Å². The van der Waals surface area contributed by atoms with E-state index in [1.54, 1.807) is 26.1 Å². The second-order valence-corrected chi connectivity index (χ2v) is 8.19. The lowest BCUT2D eigenvalue weighted by atomic mass is 10.1. The largest absolute Gasteiger partial charge is 0.356 e. The van der Waals surface area contributed by atoms with E-state index >= 15 is 0 Å². The summed E-state index contributed by atoms with van der Waals surface area (Å²) >= 11 is 0. The minimum Gasteiger partial charge on any atom is -0.356 e. The third kappa shape index (κ3) is 6.02. The zero-order valence-corrected chi connectivity index (χ0v) is 16.3. The molecule has 2 rings (SSSR count). The average Bonchev–Trinajstić information content (AvgIpc) is 2.58. The molecule has 8 heteroatoms. The number of rotatable bonds is 6. The van der Waals surface area contributed by atoms with Crippen LogP contribution >= 0.6 is 0 Å². The Bertz CT molecular complexity index is 944. The molecule has 0 amide bonds. The number of aryl methyl sites for hydroxylation is 1. The Hall–Kier alpha value is -2.48. The van der Waals surface area contributed by atoms with Gasteiger partial charge in [0.15, 0.2) is 15.8 Å². The normalized spacial score (nSPS) is 12.1. The fraction of sp³-hybridized carbons (Fsp3) is 0.316. The Morgan fingerprint density at radius 1 is 1.11 bits per heavy atom. The van der Waals surface area contributed by atoms with Crippen LogP contribution in [-0.2, 0) is 22.8 Å². The van der Waals surface area contributed by atoms with Crippen LogP contribution in [0, 0.1) is 18.6 Å². The standard InChI is InChI=1S/C19H23F2N3O2S/c1-13-10-14(4-7-18(13)27(3,25)26)12-24-19(22-2)23-9-8-15-5-6-16(20)11-17(15)21/h4-7,10-11H,8-9,12H2,1-3H3,(H2,22,23,24). The topological polar surface area (TPSA) is 70.6 Å². The Kier molecular flexibility index (Phi) is 6.90. The van der Waals surface area contributed by atoms with E-state index in [1.165, 1.54) is 18.4 Å². The van der Waals surface area contributed by atoms with E-state index < -0.39 is 21.5 Å². The van der Waals surface area contributed by atoms with Crippen molar-refractivity contribution in [3.8, 4) is 0 Å². The minimum atomic E-state index is -3.24. The molecule has 0 saturated heterocycles. The highest BCUT2D eigenvalue weighted by atomic mass is 32.2. The highest BCUT2D eigenvalue weighted by Gasteiger charge is 2.11. The van der Waals surface area contributed by atoms with Crippen molar-refractivity contribution < 1.29 is 17.2 Å². The van der Waals surface area contributed by atoms with Crippen LogP contribution in [0.15, 0.2) is 46.3 Å². The molecule has 2 N–H and O–H groups in total. The molecule has 146 valence electrons. The van der Waals surface area contributed by atoms with Crippen molar-refractivity contribution >= 4 is 15.8 Å². The van der Waals surface area contributed by atoms with Crippen molar-refractivity contribution in [2.75, 3.05) is 19.8 Å². The maximum absolute atomic E-state index is 13.6. The molecule has 0 aliphatic rings. The van der Waals surface area contributed by atoms with Crippen LogP contribution in [0.1, 0.15) is 16.7 Å². The molecule has 0 unspecified atom stereocenters. The number of hydrogen-bond acceptors (Lipinski definition) is 3. The van der Waals surface area contributed by atoms with Gasteiger partial charge in [0.1, 0.15) is 11.6 Å². The van der Waals surface area contributed by atoms with Gasteiger partial charge in [0.2, 0.25) is 0 Å². The van der Waals surface area contributed by atoms with Gasteiger partial charge in [0, 0.05) is 32.5 Å². The van der Waals surface area contributed by atoms with Crippen molar-refractivity contribution in [3.05, 3.63) is 64.7 Å². The van der Waals surface area contributed by atoms with E-state index in [0.717, 1.165) is 11.6 Å². The van der Waals surface area contributed by atoms with Gasteiger partial charge in [-0.05, 0) is 42.2 Å². The van der Waals surface area contributed by atoms with Gasteiger partial charge in [0.25, 0.3) is 0 Å². The van der Waals surface area contributed by atoms with Crippen LogP contribution in [-0.4, -0.2) is 34.2 Å². The van der Waals surface area contributed by atoms with E-state index in [-0.39, 0.29) is 0 Å². The lowest BCUT2D eigenvalue weighted by Crippen LogP contribution is -2.37. The number of benzene rings is 2. The average molecular weight is 395 g/mol. The van der Waals surface area contributed by atoms with Gasteiger partial charge in [-0.25, -0.2) is 17.2 Å². The van der Waals surface area contributed by atoms with Crippen molar-refractivity contribution in [2.45, 2.75) is 24.8 Å². The maximum Gasteiger partial charge on any atom is 0.191 e. The number of nitrogens with one attached hydrogen (secondary N) is 2. The van der Waals surface area contributed by atoms with Gasteiger partial charge in [-0.1, -0.05) is 18.2 Å². The predicted octanol–water partition coefficient (Wildman–Crippen LogP) is 2.58. The molecule has 0 spiro atoms. The van der Waals surface area contributed by atoms with E-state index in [1.807, 2.05) is 6.07 Å². The van der Waals surface area contributed by atoms with Gasteiger partial charge < -0.3 is 10.6 Å². The number of sulfone groups is 1. The molecule has 0 heterocycles. The van der Waals surface area contributed by atoms with Gasteiger partial charge in [-0.2, -0.15) is 0 Å². The predicted molar refractivity (Wildman–Crippen MR) is 103 cm³/mol. The lowest BCUT2D eigenvalue weighted by molar-refractivity contribution is 0.570. The summed E-state index contributed by atoms with van der Waals surface area (Å²) in [7, 11) is -1.62. The monoisotopic (exact) mass is 395 g/mol.